The molecular weight excluding hydrogens is 338 g/mol. The highest BCUT2D eigenvalue weighted by Crippen LogP contribution is 2.30. The summed E-state index contributed by atoms with van der Waals surface area (Å²) >= 11 is 6.34. The van der Waals surface area contributed by atoms with Crippen LogP contribution in [-0.2, 0) is 11.8 Å². The lowest BCUT2D eigenvalue weighted by atomic mass is 9.92. The van der Waals surface area contributed by atoms with E-state index in [0.29, 0.717) is 23.6 Å². The van der Waals surface area contributed by atoms with Gasteiger partial charge in [0.2, 0.25) is 0 Å². The number of H-pyrrole nitrogens is 1. The molecule has 1 fully saturated rings. The average molecular weight is 362 g/mol. The Morgan fingerprint density at radius 3 is 2.48 bits per heavy atom. The lowest BCUT2D eigenvalue weighted by Gasteiger charge is -2.27. The van der Waals surface area contributed by atoms with Crippen LogP contribution in [-0.4, -0.2) is 35.2 Å². The molecule has 5 nitrogen and oxygen atoms in total. The standard InChI is InChI=1S/C19H24ClN3O2/c1-19(2,3)18-16(20)17(22-23-18)15(24)9-6-12-4-7-13(8-5-12)25-14-10-21-11-14/h4-5,7-8,14,21H,6,9-11H2,1-3H3,(H,22,23). The number of aromatic nitrogens is 2. The number of nitrogens with one attached hydrogen (secondary N) is 2. The molecule has 1 aliphatic heterocycles. The summed E-state index contributed by atoms with van der Waals surface area (Å²) in [6.07, 6.45) is 1.30. The second kappa shape index (κ2) is 7.18. The van der Waals surface area contributed by atoms with Crippen molar-refractivity contribution >= 4 is 17.4 Å². The molecule has 1 aromatic heterocycles. The monoisotopic (exact) mass is 361 g/mol. The third kappa shape index (κ3) is 4.22. The molecule has 3 rings (SSSR count). The number of carbonyl (C=O) groups is 1. The predicted molar refractivity (Wildman–Crippen MR) is 98.7 cm³/mol. The molecule has 2 heterocycles. The fraction of sp³-hybridized carbons (Fsp3) is 0.474. The van der Waals surface area contributed by atoms with Gasteiger partial charge < -0.3 is 10.1 Å². The minimum atomic E-state index is -0.172. The Bertz CT molecular complexity index is 743. The number of aromatic amines is 1. The van der Waals surface area contributed by atoms with E-state index in [9.17, 15) is 4.79 Å². The number of Topliss-reactive ketones (excluding diaryl/α,β-unsaturated/α-hetero) is 1. The molecule has 0 unspecified atom stereocenters. The van der Waals surface area contributed by atoms with Crippen molar-refractivity contribution in [2.45, 2.75) is 45.1 Å². The fourth-order valence-corrected chi connectivity index (χ4v) is 3.13. The lowest BCUT2D eigenvalue weighted by molar-refractivity contribution is 0.0978. The Morgan fingerprint density at radius 1 is 1.28 bits per heavy atom. The quantitative estimate of drug-likeness (QED) is 0.772. The molecule has 1 aliphatic rings. The second-order valence-electron chi connectivity index (χ2n) is 7.48. The van der Waals surface area contributed by atoms with E-state index in [1.54, 1.807) is 0 Å². The average Bonchev–Trinajstić information content (AvgIpc) is 2.91. The molecule has 134 valence electrons. The predicted octanol–water partition coefficient (Wildman–Crippen LogP) is 3.53. The van der Waals surface area contributed by atoms with Crippen LogP contribution < -0.4 is 10.1 Å². The summed E-state index contributed by atoms with van der Waals surface area (Å²) in [5.41, 5.74) is 2.05. The SMILES string of the molecule is CC(C)(C)c1[nH]nc(C(=O)CCc2ccc(OC3CNC3)cc2)c1Cl. The number of ketones is 1. The number of nitrogens with zero attached hydrogens (tertiary/aromatic N) is 1. The van der Waals surface area contributed by atoms with Crippen LogP contribution in [0.25, 0.3) is 0 Å². The molecule has 0 aliphatic carbocycles. The van der Waals surface area contributed by atoms with Gasteiger partial charge in [-0.05, 0) is 24.1 Å². The van der Waals surface area contributed by atoms with Crippen molar-refractivity contribution in [2.24, 2.45) is 0 Å². The van der Waals surface area contributed by atoms with Crippen LogP contribution in [0.3, 0.4) is 0 Å². The van der Waals surface area contributed by atoms with Crippen LogP contribution in [0.1, 0.15) is 48.9 Å². The molecule has 1 aromatic carbocycles. The van der Waals surface area contributed by atoms with Gasteiger partial charge in [-0.15, -0.1) is 0 Å². The number of rotatable bonds is 6. The van der Waals surface area contributed by atoms with Crippen molar-refractivity contribution in [2.75, 3.05) is 13.1 Å². The molecule has 2 N–H and O–H groups in total. The zero-order chi connectivity index (χ0) is 18.0. The third-order valence-corrected chi connectivity index (χ3v) is 4.70. The van der Waals surface area contributed by atoms with Crippen LogP contribution >= 0.6 is 11.6 Å². The van der Waals surface area contributed by atoms with Crippen LogP contribution in [0.4, 0.5) is 0 Å². The van der Waals surface area contributed by atoms with Gasteiger partial charge in [0.1, 0.15) is 17.5 Å². The third-order valence-electron chi connectivity index (χ3n) is 4.33. The molecule has 6 heteroatoms. The van der Waals surface area contributed by atoms with Crippen molar-refractivity contribution in [3.63, 3.8) is 0 Å². The van der Waals surface area contributed by atoms with Crippen molar-refractivity contribution < 1.29 is 9.53 Å². The minimum absolute atomic E-state index is 0.0439. The van der Waals surface area contributed by atoms with Gasteiger partial charge in [0.05, 0.1) is 10.7 Å². The fourth-order valence-electron chi connectivity index (χ4n) is 2.66. The van der Waals surface area contributed by atoms with E-state index < -0.39 is 0 Å². The summed E-state index contributed by atoms with van der Waals surface area (Å²) in [6.45, 7) is 7.90. The van der Waals surface area contributed by atoms with Crippen LogP contribution in [0.2, 0.25) is 5.02 Å². The Morgan fingerprint density at radius 2 is 1.96 bits per heavy atom. The maximum atomic E-state index is 12.4. The van der Waals surface area contributed by atoms with Gasteiger partial charge in [-0.25, -0.2) is 0 Å². The summed E-state index contributed by atoms with van der Waals surface area (Å²) in [7, 11) is 0. The highest BCUT2D eigenvalue weighted by atomic mass is 35.5. The van der Waals surface area contributed by atoms with E-state index in [2.05, 4.69) is 15.5 Å². The Hall–Kier alpha value is -1.85. The molecule has 0 saturated carbocycles. The molecule has 0 atom stereocenters. The number of carbonyl (C=O) groups excluding carboxylic acids is 1. The van der Waals surface area contributed by atoms with Gasteiger partial charge in [0.25, 0.3) is 0 Å². The highest BCUT2D eigenvalue weighted by Gasteiger charge is 2.25. The zero-order valence-electron chi connectivity index (χ0n) is 14.9. The summed E-state index contributed by atoms with van der Waals surface area (Å²) in [4.78, 5) is 12.4. The van der Waals surface area contributed by atoms with Crippen LogP contribution in [0, 0.1) is 0 Å². The van der Waals surface area contributed by atoms with Crippen molar-refractivity contribution in [3.8, 4) is 5.75 Å². The maximum absolute atomic E-state index is 12.4. The van der Waals surface area contributed by atoms with Gasteiger partial charge in [-0.1, -0.05) is 44.5 Å². The number of ether oxygens (including phenoxy) is 1. The summed E-state index contributed by atoms with van der Waals surface area (Å²) in [5, 5.41) is 10.6. The lowest BCUT2D eigenvalue weighted by Crippen LogP contribution is -2.50. The molecule has 2 aromatic rings. The first kappa shape index (κ1) is 18.0. The smallest absolute Gasteiger partial charge is 0.184 e. The number of hydrogen-bond donors (Lipinski definition) is 2. The topological polar surface area (TPSA) is 67.0 Å². The minimum Gasteiger partial charge on any atom is -0.488 e. The van der Waals surface area contributed by atoms with Crippen molar-refractivity contribution in [1.29, 1.82) is 0 Å². The van der Waals surface area contributed by atoms with Gasteiger partial charge in [0.15, 0.2) is 5.78 Å². The molecular formula is C19H24ClN3O2. The molecule has 0 amide bonds. The number of hydrogen-bond acceptors (Lipinski definition) is 4. The summed E-state index contributed by atoms with van der Waals surface area (Å²) in [6, 6.07) is 7.91. The van der Waals surface area contributed by atoms with Gasteiger partial charge in [-0.2, -0.15) is 5.10 Å². The van der Waals surface area contributed by atoms with Crippen LogP contribution in [0.15, 0.2) is 24.3 Å². The van der Waals surface area contributed by atoms with Gasteiger partial charge in [-0.3, -0.25) is 9.89 Å². The normalized spacial score (nSPS) is 15.0. The van der Waals surface area contributed by atoms with Crippen molar-refractivity contribution in [3.05, 3.63) is 46.2 Å². The zero-order valence-corrected chi connectivity index (χ0v) is 15.6. The van der Waals surface area contributed by atoms with Crippen molar-refractivity contribution in [1.82, 2.24) is 15.5 Å². The van der Waals surface area contributed by atoms with E-state index in [4.69, 9.17) is 16.3 Å². The van der Waals surface area contributed by atoms with Gasteiger partial charge in [0, 0.05) is 24.9 Å². The highest BCUT2D eigenvalue weighted by molar-refractivity contribution is 6.34. The van der Waals surface area contributed by atoms with E-state index in [-0.39, 0.29) is 17.3 Å². The first-order valence-corrected chi connectivity index (χ1v) is 8.96. The second-order valence-corrected chi connectivity index (χ2v) is 7.85. The Labute approximate surface area is 153 Å². The first-order valence-electron chi connectivity index (χ1n) is 8.58. The number of halogens is 1. The largest absolute Gasteiger partial charge is 0.488 e. The van der Waals surface area contributed by atoms with E-state index >= 15 is 0 Å². The van der Waals surface area contributed by atoms with E-state index in [1.165, 1.54) is 0 Å². The molecule has 1 saturated heterocycles. The maximum Gasteiger partial charge on any atom is 0.184 e. The Kier molecular flexibility index (Phi) is 5.16. The number of aryl methyl sites for hydroxylation is 1. The molecule has 0 radical (unpaired) electrons. The van der Waals surface area contributed by atoms with Crippen LogP contribution in [0.5, 0.6) is 5.75 Å². The van der Waals surface area contributed by atoms with E-state index in [1.807, 2.05) is 45.0 Å². The molecule has 25 heavy (non-hydrogen) atoms. The summed E-state index contributed by atoms with van der Waals surface area (Å²) in [5.74, 6) is 0.823. The summed E-state index contributed by atoms with van der Waals surface area (Å²) < 4.78 is 5.79. The molecule has 0 spiro atoms. The Balaban J connectivity index is 1.58. The molecule has 0 bridgehead atoms. The first-order chi connectivity index (χ1) is 11.8. The van der Waals surface area contributed by atoms with Gasteiger partial charge >= 0.3 is 0 Å². The number of benzene rings is 1. The van der Waals surface area contributed by atoms with E-state index in [0.717, 1.165) is 30.1 Å².